The molecular weight excluding hydrogens is 334 g/mol. The van der Waals surface area contributed by atoms with Crippen LogP contribution in [0, 0.1) is 0 Å². The van der Waals surface area contributed by atoms with Crippen molar-refractivity contribution >= 4 is 34.1 Å². The Morgan fingerprint density at radius 1 is 1.22 bits per heavy atom. The molecule has 1 aromatic heterocycles. The van der Waals surface area contributed by atoms with Crippen LogP contribution in [-0.4, -0.2) is 34.6 Å². The summed E-state index contributed by atoms with van der Waals surface area (Å²) < 4.78 is 11.7. The lowest BCUT2D eigenvalue weighted by molar-refractivity contribution is -0.122. The number of amides is 1. The van der Waals surface area contributed by atoms with E-state index in [-0.39, 0.29) is 5.91 Å². The number of ether oxygens (including phenoxy) is 2. The van der Waals surface area contributed by atoms with Crippen LogP contribution in [0.5, 0.6) is 11.5 Å². The van der Waals surface area contributed by atoms with Gasteiger partial charge in [-0.2, -0.15) is 0 Å². The summed E-state index contributed by atoms with van der Waals surface area (Å²) in [4.78, 5) is 12.2. The van der Waals surface area contributed by atoms with Crippen LogP contribution in [0.4, 0.5) is 5.13 Å². The van der Waals surface area contributed by atoms with Crippen LogP contribution in [0.2, 0.25) is 0 Å². The molecule has 1 amide bonds. The molecule has 0 aliphatic carbocycles. The minimum Gasteiger partial charge on any atom is -0.493 e. The van der Waals surface area contributed by atoms with E-state index in [1.54, 1.807) is 37.9 Å². The van der Waals surface area contributed by atoms with Crippen molar-refractivity contribution in [3.63, 3.8) is 0 Å². The van der Waals surface area contributed by atoms with Gasteiger partial charge in [-0.15, -0.1) is 10.2 Å². The van der Waals surface area contributed by atoms with Crippen molar-refractivity contribution in [3.05, 3.63) is 24.3 Å². The molecule has 0 saturated carbocycles. The molecule has 0 fully saturated rings. The number of benzene rings is 1. The Hall–Kier alpha value is -1.80. The Morgan fingerprint density at radius 3 is 2.57 bits per heavy atom. The largest absolute Gasteiger partial charge is 0.493 e. The van der Waals surface area contributed by atoms with Gasteiger partial charge in [0.15, 0.2) is 21.9 Å². The van der Waals surface area contributed by atoms with Crippen LogP contribution >= 0.6 is 23.1 Å². The summed E-state index contributed by atoms with van der Waals surface area (Å²) in [7, 11) is 1.56. The fourth-order valence-corrected chi connectivity index (χ4v) is 3.65. The fraction of sp³-hybridized carbons (Fsp3) is 0.400. The third-order valence-electron chi connectivity index (χ3n) is 2.72. The molecule has 23 heavy (non-hydrogen) atoms. The van der Waals surface area contributed by atoms with Crippen molar-refractivity contribution in [1.29, 1.82) is 0 Å². The average Bonchev–Trinajstić information content (AvgIpc) is 2.93. The lowest BCUT2D eigenvalue weighted by atomic mass is 10.3. The molecule has 2 aromatic rings. The maximum atomic E-state index is 12.2. The monoisotopic (exact) mass is 353 g/mol. The number of nitrogens with zero attached hydrogens (tertiary/aromatic N) is 2. The zero-order chi connectivity index (χ0) is 16.8. The van der Waals surface area contributed by atoms with E-state index in [1.807, 2.05) is 12.1 Å². The summed E-state index contributed by atoms with van der Waals surface area (Å²) >= 11 is 2.96. The Balaban J connectivity index is 1.96. The van der Waals surface area contributed by atoms with E-state index in [0.29, 0.717) is 21.9 Å². The summed E-state index contributed by atoms with van der Waals surface area (Å²) in [6, 6.07) is 7.19. The predicted octanol–water partition coefficient (Wildman–Crippen LogP) is 3.45. The number of thioether (sulfide) groups is 1. The Labute approximate surface area is 143 Å². The number of carbonyl (C=O) groups is 1. The zero-order valence-corrected chi connectivity index (χ0v) is 15.0. The van der Waals surface area contributed by atoms with Gasteiger partial charge in [0.25, 0.3) is 5.91 Å². The summed E-state index contributed by atoms with van der Waals surface area (Å²) in [5.74, 6) is 0.817. The molecule has 8 heteroatoms. The second kappa shape index (κ2) is 8.16. The quantitative estimate of drug-likeness (QED) is 0.607. The molecule has 2 rings (SSSR count). The van der Waals surface area contributed by atoms with Gasteiger partial charge in [0.2, 0.25) is 5.13 Å². The molecule has 0 aliphatic heterocycles. The molecule has 1 unspecified atom stereocenters. The van der Waals surface area contributed by atoms with E-state index < -0.39 is 6.10 Å². The maximum Gasteiger partial charge on any atom is 0.266 e. The minimum atomic E-state index is -0.684. The SMILES string of the molecule is COc1ccccc1OC(C)C(=O)Nc1nnc(SC(C)C)s1. The number of nitrogens with one attached hydrogen (secondary N) is 1. The van der Waals surface area contributed by atoms with Gasteiger partial charge in [0, 0.05) is 5.25 Å². The third-order valence-corrected chi connectivity index (χ3v) is 4.64. The van der Waals surface area contributed by atoms with Crippen molar-refractivity contribution in [2.75, 3.05) is 12.4 Å². The highest BCUT2D eigenvalue weighted by atomic mass is 32.2. The summed E-state index contributed by atoms with van der Waals surface area (Å²) in [6.07, 6.45) is -0.684. The molecule has 1 N–H and O–H groups in total. The van der Waals surface area contributed by atoms with Gasteiger partial charge in [0.05, 0.1) is 7.11 Å². The highest BCUT2D eigenvalue weighted by molar-refractivity contribution is 8.01. The first-order valence-electron chi connectivity index (χ1n) is 7.10. The smallest absolute Gasteiger partial charge is 0.266 e. The highest BCUT2D eigenvalue weighted by Gasteiger charge is 2.18. The van der Waals surface area contributed by atoms with E-state index in [9.17, 15) is 4.79 Å². The van der Waals surface area contributed by atoms with E-state index in [4.69, 9.17) is 9.47 Å². The van der Waals surface area contributed by atoms with Gasteiger partial charge in [-0.1, -0.05) is 49.1 Å². The number of aromatic nitrogens is 2. The fourth-order valence-electron chi connectivity index (χ4n) is 1.68. The number of hydrogen-bond acceptors (Lipinski definition) is 7. The van der Waals surface area contributed by atoms with Crippen molar-refractivity contribution in [1.82, 2.24) is 10.2 Å². The van der Waals surface area contributed by atoms with Crippen LogP contribution in [0.25, 0.3) is 0 Å². The number of para-hydroxylation sites is 2. The molecule has 1 aromatic carbocycles. The van der Waals surface area contributed by atoms with Gasteiger partial charge >= 0.3 is 0 Å². The number of anilines is 1. The highest BCUT2D eigenvalue weighted by Crippen LogP contribution is 2.29. The van der Waals surface area contributed by atoms with E-state index in [0.717, 1.165) is 4.34 Å². The molecule has 0 aliphatic rings. The molecule has 0 radical (unpaired) electrons. The molecular formula is C15H19N3O3S2. The molecule has 1 atom stereocenters. The van der Waals surface area contributed by atoms with Crippen LogP contribution in [0.3, 0.4) is 0 Å². The predicted molar refractivity (Wildman–Crippen MR) is 92.6 cm³/mol. The molecule has 0 spiro atoms. The van der Waals surface area contributed by atoms with Gasteiger partial charge in [-0.25, -0.2) is 0 Å². The number of rotatable bonds is 7. The minimum absolute atomic E-state index is 0.284. The number of carbonyl (C=O) groups excluding carboxylic acids is 1. The third kappa shape index (κ3) is 5.11. The van der Waals surface area contributed by atoms with Crippen molar-refractivity contribution < 1.29 is 14.3 Å². The van der Waals surface area contributed by atoms with Gasteiger partial charge in [0.1, 0.15) is 0 Å². The Morgan fingerprint density at radius 2 is 1.91 bits per heavy atom. The molecule has 6 nitrogen and oxygen atoms in total. The standard InChI is InChI=1S/C15H19N3O3S2/c1-9(2)22-15-18-17-14(23-15)16-13(19)10(3)21-12-8-6-5-7-11(12)20-4/h5-10H,1-4H3,(H,16,17,19). The number of methoxy groups -OCH3 is 1. The lowest BCUT2D eigenvalue weighted by Crippen LogP contribution is -2.30. The Bertz CT molecular complexity index is 661. The van der Waals surface area contributed by atoms with Crippen molar-refractivity contribution in [3.8, 4) is 11.5 Å². The molecule has 1 heterocycles. The summed E-state index contributed by atoms with van der Waals surface area (Å²) in [5, 5.41) is 11.6. The molecule has 0 saturated heterocycles. The average molecular weight is 353 g/mol. The first-order valence-corrected chi connectivity index (χ1v) is 8.80. The number of hydrogen-bond donors (Lipinski definition) is 1. The maximum absolute atomic E-state index is 12.2. The first kappa shape index (κ1) is 17.6. The van der Waals surface area contributed by atoms with Crippen molar-refractivity contribution in [2.24, 2.45) is 0 Å². The second-order valence-corrected chi connectivity index (χ2v) is 7.74. The lowest BCUT2D eigenvalue weighted by Gasteiger charge is -2.15. The van der Waals surface area contributed by atoms with Crippen LogP contribution < -0.4 is 14.8 Å². The zero-order valence-electron chi connectivity index (χ0n) is 13.4. The van der Waals surface area contributed by atoms with E-state index in [2.05, 4.69) is 29.4 Å². The van der Waals surface area contributed by atoms with Crippen molar-refractivity contribution in [2.45, 2.75) is 36.5 Å². The van der Waals surface area contributed by atoms with Gasteiger partial charge in [-0.3, -0.25) is 10.1 Å². The second-order valence-electron chi connectivity index (χ2n) is 4.94. The van der Waals surface area contributed by atoms with E-state index in [1.165, 1.54) is 11.3 Å². The van der Waals surface area contributed by atoms with Crippen LogP contribution in [0.1, 0.15) is 20.8 Å². The Kier molecular flexibility index (Phi) is 6.23. The topological polar surface area (TPSA) is 73.3 Å². The van der Waals surface area contributed by atoms with Crippen LogP contribution in [0.15, 0.2) is 28.6 Å². The summed E-state index contributed by atoms with van der Waals surface area (Å²) in [5.41, 5.74) is 0. The normalized spacial score (nSPS) is 12.0. The first-order chi connectivity index (χ1) is 11.0. The molecule has 124 valence electrons. The van der Waals surface area contributed by atoms with Crippen LogP contribution in [-0.2, 0) is 4.79 Å². The molecule has 0 bridgehead atoms. The van der Waals surface area contributed by atoms with Gasteiger partial charge < -0.3 is 9.47 Å². The van der Waals surface area contributed by atoms with Gasteiger partial charge in [-0.05, 0) is 19.1 Å². The van der Waals surface area contributed by atoms with E-state index >= 15 is 0 Å². The summed E-state index contributed by atoms with van der Waals surface area (Å²) in [6.45, 7) is 5.83.